The van der Waals surface area contributed by atoms with E-state index in [2.05, 4.69) is 23.2 Å². The molecule has 3 heteroatoms. The van der Waals surface area contributed by atoms with Crippen molar-refractivity contribution in [3.8, 4) is 0 Å². The van der Waals surface area contributed by atoms with E-state index in [4.69, 9.17) is 0 Å². The predicted molar refractivity (Wildman–Crippen MR) is 33.6 cm³/mol. The molecule has 0 aromatic rings. The quantitative estimate of drug-likeness (QED) is 0.473. The van der Waals surface area contributed by atoms with E-state index in [9.17, 15) is 0 Å². The van der Waals surface area contributed by atoms with Crippen molar-refractivity contribution in [3.05, 3.63) is 0 Å². The van der Waals surface area contributed by atoms with Crippen molar-refractivity contribution in [1.82, 2.24) is 0 Å². The van der Waals surface area contributed by atoms with Crippen molar-refractivity contribution in [1.29, 1.82) is 0 Å². The lowest BCUT2D eigenvalue weighted by molar-refractivity contribution is 1.44. The van der Waals surface area contributed by atoms with Crippen molar-refractivity contribution in [2.75, 3.05) is 0 Å². The van der Waals surface area contributed by atoms with Crippen molar-refractivity contribution < 1.29 is 0 Å². The van der Waals surface area contributed by atoms with Crippen molar-refractivity contribution in [3.63, 3.8) is 0 Å². The first kappa shape index (κ1) is 6.65. The first-order valence-electron chi connectivity index (χ1n) is 2.06. The molecule has 32 valence electrons. The van der Waals surface area contributed by atoms with Gasteiger partial charge in [-0.2, -0.15) is 0 Å². The Labute approximate surface area is 46.8 Å². The molecule has 0 spiro atoms. The van der Waals surface area contributed by atoms with Gasteiger partial charge in [-0.3, -0.25) is 0 Å². The van der Waals surface area contributed by atoms with Crippen LogP contribution in [-0.2, 0) is 0 Å². The number of rotatable bonds is 2. The molecule has 0 saturated carbocycles. The van der Waals surface area contributed by atoms with Gasteiger partial charge in [0.05, 0.1) is 0 Å². The van der Waals surface area contributed by atoms with Crippen LogP contribution >= 0.6 is 0 Å². The van der Waals surface area contributed by atoms with Gasteiger partial charge in [0.1, 0.15) is 0 Å². The first-order chi connectivity index (χ1) is 2.81. The van der Waals surface area contributed by atoms with Crippen LogP contribution in [0.1, 0.15) is 6.92 Å². The topological polar surface area (TPSA) is 0 Å². The summed E-state index contributed by atoms with van der Waals surface area (Å²) in [5.74, 6) is 0. The van der Waals surface area contributed by atoms with Crippen LogP contribution in [0.4, 0.5) is 0 Å². The van der Waals surface area contributed by atoms with E-state index in [0.29, 0.717) is 0 Å². The molecular weight excluding hydrogens is 120 g/mol. The van der Waals surface area contributed by atoms with Crippen LogP contribution < -0.4 is 0 Å². The normalized spacial score (nSPS) is 10.0. The molecule has 0 atom stereocenters. The monoisotopic (exact) mass is 128 g/mol. The highest BCUT2D eigenvalue weighted by Crippen LogP contribution is 1.82. The molecular formula is C3H8Si3. The molecule has 0 aliphatic rings. The van der Waals surface area contributed by atoms with E-state index in [1.165, 1.54) is 6.04 Å². The second kappa shape index (κ2) is 3.83. The summed E-state index contributed by atoms with van der Waals surface area (Å²) in [4.78, 5) is 0. The fourth-order valence-electron chi connectivity index (χ4n) is 0.0884. The second-order valence-corrected chi connectivity index (χ2v) is 9.34. The van der Waals surface area contributed by atoms with E-state index >= 15 is 0 Å². The van der Waals surface area contributed by atoms with E-state index in [-0.39, 0.29) is 8.31 Å². The molecule has 0 N–H and O–H groups in total. The Hall–Kier alpha value is 0.651. The van der Waals surface area contributed by atoms with Gasteiger partial charge in [-0.15, -0.1) is 0 Å². The summed E-state index contributed by atoms with van der Waals surface area (Å²) >= 11 is 0. The zero-order valence-corrected chi connectivity index (χ0v) is 7.21. The molecule has 0 heterocycles. The molecule has 0 aliphatic heterocycles. The average molecular weight is 128 g/mol. The lowest BCUT2D eigenvalue weighted by Gasteiger charge is -1.94. The van der Waals surface area contributed by atoms with E-state index in [0.717, 1.165) is 8.55 Å². The Kier molecular flexibility index (Phi) is 4.24. The highest BCUT2D eigenvalue weighted by Gasteiger charge is 1.92. The van der Waals surface area contributed by atoms with Crippen LogP contribution in [0.25, 0.3) is 0 Å². The summed E-state index contributed by atoms with van der Waals surface area (Å²) in [5.41, 5.74) is 0. The minimum absolute atomic E-state index is 0.0730. The lowest BCUT2D eigenvalue weighted by atomic mass is 11.0. The number of hydrogen-bond donors (Lipinski definition) is 0. The van der Waals surface area contributed by atoms with Gasteiger partial charge in [-0.05, 0) is 0 Å². The first-order valence-corrected chi connectivity index (χ1v) is 7.77. The van der Waals surface area contributed by atoms with Gasteiger partial charge < -0.3 is 0 Å². The van der Waals surface area contributed by atoms with Gasteiger partial charge in [0, 0.05) is 26.6 Å². The van der Waals surface area contributed by atoms with E-state index in [1.807, 2.05) is 0 Å². The highest BCUT2D eigenvalue weighted by atomic mass is 29.5. The zero-order chi connectivity index (χ0) is 4.99. The van der Waals surface area contributed by atoms with Crippen LogP contribution in [-0.4, -0.2) is 26.6 Å². The Morgan fingerprint density at radius 3 is 2.33 bits per heavy atom. The average Bonchev–Trinajstić information content (AvgIpc) is 1.65. The van der Waals surface area contributed by atoms with E-state index < -0.39 is 0 Å². The molecule has 0 amide bonds. The second-order valence-electron chi connectivity index (χ2n) is 1.26. The van der Waals surface area contributed by atoms with Gasteiger partial charge >= 0.3 is 0 Å². The molecule has 0 rings (SSSR count). The standard InChI is InChI=1S/C3H8Si3/c1-3-6(2)5-4/h3H2,1-2H3. The third-order valence-electron chi connectivity index (χ3n) is 0.744. The van der Waals surface area contributed by atoms with Crippen molar-refractivity contribution >= 4 is 26.6 Å². The maximum Gasteiger partial charge on any atom is 0.0268 e. The molecule has 0 unspecified atom stereocenters. The van der Waals surface area contributed by atoms with Gasteiger partial charge in [0.25, 0.3) is 0 Å². The molecule has 0 fully saturated rings. The highest BCUT2D eigenvalue weighted by molar-refractivity contribution is 7.30. The van der Waals surface area contributed by atoms with E-state index in [1.54, 1.807) is 0 Å². The third kappa shape index (κ3) is 2.87. The zero-order valence-electron chi connectivity index (χ0n) is 4.21. The minimum Gasteiger partial charge on any atom is -0.0738 e. The summed E-state index contributed by atoms with van der Waals surface area (Å²) in [7, 11) is 4.60. The fourth-order valence-corrected chi connectivity index (χ4v) is 2.39. The lowest BCUT2D eigenvalue weighted by Crippen LogP contribution is -2.15. The maximum atomic E-state index is 3.49. The predicted octanol–water partition coefficient (Wildman–Crippen LogP) is 0.415. The van der Waals surface area contributed by atoms with Gasteiger partial charge in [0.2, 0.25) is 0 Å². The van der Waals surface area contributed by atoms with Crippen LogP contribution in [0, 0.1) is 0 Å². The fraction of sp³-hybridized carbons (Fsp3) is 1.00. The molecule has 0 nitrogen and oxygen atoms in total. The summed E-state index contributed by atoms with van der Waals surface area (Å²) in [5, 5.41) is 0. The maximum absolute atomic E-state index is 3.49. The molecule has 6 radical (unpaired) electrons. The number of hydrogen-bond acceptors (Lipinski definition) is 0. The largest absolute Gasteiger partial charge is 0.0738 e. The summed E-state index contributed by atoms with van der Waals surface area (Å²) in [6.07, 6.45) is 0. The molecule has 0 aliphatic carbocycles. The Morgan fingerprint density at radius 1 is 1.83 bits per heavy atom. The SMILES string of the molecule is CC[Si](C)[Si][Si]. The van der Waals surface area contributed by atoms with Crippen LogP contribution in [0.3, 0.4) is 0 Å². The Balaban J connectivity index is 2.75. The molecule has 0 bridgehead atoms. The summed E-state index contributed by atoms with van der Waals surface area (Å²) in [6.45, 7) is 4.59. The molecule has 0 saturated heterocycles. The van der Waals surface area contributed by atoms with Crippen molar-refractivity contribution in [2.24, 2.45) is 0 Å². The minimum atomic E-state index is 0.0730. The Morgan fingerprint density at radius 2 is 2.33 bits per heavy atom. The molecule has 0 aromatic heterocycles. The summed E-state index contributed by atoms with van der Waals surface area (Å²) < 4.78 is 0. The van der Waals surface area contributed by atoms with Crippen LogP contribution in [0.5, 0.6) is 0 Å². The van der Waals surface area contributed by atoms with Crippen LogP contribution in [0.15, 0.2) is 0 Å². The summed E-state index contributed by atoms with van der Waals surface area (Å²) in [6, 6.07) is 1.40. The van der Waals surface area contributed by atoms with Gasteiger partial charge in [-0.1, -0.05) is 19.5 Å². The van der Waals surface area contributed by atoms with Crippen LogP contribution in [0.2, 0.25) is 12.6 Å². The van der Waals surface area contributed by atoms with Gasteiger partial charge in [-0.25, -0.2) is 0 Å². The smallest absolute Gasteiger partial charge is 0.0268 e. The van der Waals surface area contributed by atoms with Gasteiger partial charge in [0.15, 0.2) is 0 Å². The molecule has 0 aromatic carbocycles. The van der Waals surface area contributed by atoms with Crippen molar-refractivity contribution in [2.45, 2.75) is 19.5 Å². The Bertz CT molecular complexity index is 25.2. The third-order valence-corrected chi connectivity index (χ3v) is 8.41. The molecule has 6 heavy (non-hydrogen) atoms.